The van der Waals surface area contributed by atoms with Gasteiger partial charge in [-0.15, -0.1) is 0 Å². The fourth-order valence-corrected chi connectivity index (χ4v) is 5.24. The summed E-state index contributed by atoms with van der Waals surface area (Å²) in [6.45, 7) is 1.61. The van der Waals surface area contributed by atoms with Crippen LogP contribution >= 0.6 is 0 Å². The lowest BCUT2D eigenvalue weighted by Gasteiger charge is -2.16. The second-order valence-electron chi connectivity index (χ2n) is 10.2. The molecule has 42 heavy (non-hydrogen) atoms. The van der Waals surface area contributed by atoms with Gasteiger partial charge in [0.05, 0.1) is 17.7 Å². The molecule has 1 fully saturated rings. The van der Waals surface area contributed by atoms with Crippen LogP contribution in [0.25, 0.3) is 33.3 Å². The molecule has 1 atom stereocenters. The van der Waals surface area contributed by atoms with Crippen molar-refractivity contribution in [3.8, 4) is 22.3 Å². The molecule has 3 N–H and O–H groups in total. The minimum Gasteiger partial charge on any atom is -0.383 e. The topological polar surface area (TPSA) is 117 Å². The number of nitrogen functional groups attached to an aromatic ring is 1. The maximum Gasteiger partial charge on any atom is 0.261 e. The van der Waals surface area contributed by atoms with Crippen LogP contribution in [0.1, 0.15) is 16.8 Å². The van der Waals surface area contributed by atoms with E-state index in [4.69, 9.17) is 10.5 Å². The van der Waals surface area contributed by atoms with Gasteiger partial charge in [0.25, 0.3) is 5.91 Å². The summed E-state index contributed by atoms with van der Waals surface area (Å²) >= 11 is 0. The number of nitrogens with two attached hydrogens (primary N) is 1. The molecule has 1 unspecified atom stereocenters. The summed E-state index contributed by atoms with van der Waals surface area (Å²) in [5.41, 5.74) is 5.83. The first-order valence-electron chi connectivity index (χ1n) is 13.1. The number of rotatable bonds is 6. The molecule has 9 nitrogen and oxygen atoms in total. The summed E-state index contributed by atoms with van der Waals surface area (Å²) in [6, 6.07) is 7.10. The van der Waals surface area contributed by atoms with Gasteiger partial charge in [0.15, 0.2) is 0 Å². The highest BCUT2D eigenvalue weighted by atomic mass is 19.1. The molecule has 6 rings (SSSR count). The fourth-order valence-electron chi connectivity index (χ4n) is 5.24. The predicted octanol–water partition coefficient (Wildman–Crippen LogP) is 4.75. The molecule has 2 aromatic carbocycles. The van der Waals surface area contributed by atoms with E-state index in [1.807, 2.05) is 0 Å². The summed E-state index contributed by atoms with van der Waals surface area (Å²) in [7, 11) is 1.69. The largest absolute Gasteiger partial charge is 0.383 e. The van der Waals surface area contributed by atoms with Gasteiger partial charge in [-0.25, -0.2) is 23.1 Å². The summed E-state index contributed by atoms with van der Waals surface area (Å²) in [5, 5.41) is 2.70. The van der Waals surface area contributed by atoms with Gasteiger partial charge in [-0.2, -0.15) is 0 Å². The van der Waals surface area contributed by atoms with Gasteiger partial charge in [-0.05, 0) is 30.2 Å². The van der Waals surface area contributed by atoms with Gasteiger partial charge < -0.3 is 24.9 Å². The molecular weight excluding hydrogens is 549 g/mol. The molecule has 0 bridgehead atoms. The third kappa shape index (κ3) is 5.00. The van der Waals surface area contributed by atoms with Crippen molar-refractivity contribution >= 4 is 28.4 Å². The molecule has 0 saturated carbocycles. The van der Waals surface area contributed by atoms with Gasteiger partial charge in [-0.1, -0.05) is 12.1 Å². The fraction of sp³-hybridized carbons (Fsp3) is 0.200. The first kappa shape index (κ1) is 27.2. The van der Waals surface area contributed by atoms with E-state index in [1.165, 1.54) is 36.8 Å². The molecule has 3 aromatic heterocycles. The van der Waals surface area contributed by atoms with Crippen molar-refractivity contribution in [2.45, 2.75) is 13.0 Å². The Labute approximate surface area is 237 Å². The van der Waals surface area contributed by atoms with E-state index in [0.29, 0.717) is 36.4 Å². The molecule has 12 heteroatoms. The normalized spacial score (nSPS) is 14.9. The maximum absolute atomic E-state index is 15.4. The number of amides is 1. The number of aryl methyl sites for hydroxylation is 1. The second kappa shape index (κ2) is 10.8. The number of anilines is 2. The van der Waals surface area contributed by atoms with Crippen molar-refractivity contribution in [1.82, 2.24) is 19.1 Å². The molecule has 5 aromatic rings. The molecular formula is C30H25F3N6O3. The highest BCUT2D eigenvalue weighted by Crippen LogP contribution is 2.35. The lowest BCUT2D eigenvalue weighted by molar-refractivity contribution is 0.102. The quantitative estimate of drug-likeness (QED) is 0.302. The Balaban J connectivity index is 1.37. The average Bonchev–Trinajstić information content (AvgIpc) is 3.60. The van der Waals surface area contributed by atoms with Crippen molar-refractivity contribution in [3.63, 3.8) is 0 Å². The molecule has 1 aliphatic heterocycles. The van der Waals surface area contributed by atoms with Gasteiger partial charge in [0.2, 0.25) is 5.43 Å². The smallest absolute Gasteiger partial charge is 0.261 e. The molecule has 0 spiro atoms. The van der Waals surface area contributed by atoms with E-state index >= 15 is 8.78 Å². The first-order valence-corrected chi connectivity index (χ1v) is 13.1. The second-order valence-corrected chi connectivity index (χ2v) is 10.2. The van der Waals surface area contributed by atoms with Crippen molar-refractivity contribution in [2.75, 3.05) is 24.3 Å². The molecule has 1 amide bonds. The minimum atomic E-state index is -0.926. The summed E-state index contributed by atoms with van der Waals surface area (Å²) in [5.74, 6) is -2.89. The zero-order chi connectivity index (χ0) is 29.5. The first-order chi connectivity index (χ1) is 20.2. The Morgan fingerprint density at radius 1 is 1.05 bits per heavy atom. The Hall–Kier alpha value is -4.97. The van der Waals surface area contributed by atoms with Gasteiger partial charge >= 0.3 is 0 Å². The van der Waals surface area contributed by atoms with Crippen LogP contribution in [0.4, 0.5) is 24.7 Å². The Kier molecular flexibility index (Phi) is 6.99. The van der Waals surface area contributed by atoms with Crippen molar-refractivity contribution in [2.24, 2.45) is 13.0 Å². The van der Waals surface area contributed by atoms with E-state index in [1.54, 1.807) is 28.6 Å². The lowest BCUT2D eigenvalue weighted by atomic mass is 10.0. The molecule has 214 valence electrons. The number of hydrogen-bond acceptors (Lipinski definition) is 6. The summed E-state index contributed by atoms with van der Waals surface area (Å²) in [6.07, 6.45) is 6.62. The Morgan fingerprint density at radius 3 is 2.57 bits per heavy atom. The van der Waals surface area contributed by atoms with Crippen LogP contribution in [0, 0.1) is 23.4 Å². The van der Waals surface area contributed by atoms with E-state index in [9.17, 15) is 14.0 Å². The summed E-state index contributed by atoms with van der Waals surface area (Å²) < 4.78 is 53.1. The number of nitrogens with zero attached hydrogens (tertiary/aromatic N) is 4. The summed E-state index contributed by atoms with van der Waals surface area (Å²) in [4.78, 5) is 34.9. The van der Waals surface area contributed by atoms with Crippen LogP contribution in [-0.2, 0) is 18.3 Å². The number of halogens is 3. The highest BCUT2D eigenvalue weighted by Gasteiger charge is 2.23. The van der Waals surface area contributed by atoms with Crippen LogP contribution in [0.5, 0.6) is 0 Å². The third-order valence-corrected chi connectivity index (χ3v) is 7.35. The van der Waals surface area contributed by atoms with Crippen molar-refractivity contribution in [1.29, 1.82) is 0 Å². The number of pyridine rings is 1. The predicted molar refractivity (Wildman–Crippen MR) is 151 cm³/mol. The van der Waals surface area contributed by atoms with Crippen LogP contribution in [0.3, 0.4) is 0 Å². The minimum absolute atomic E-state index is 0.1000. The van der Waals surface area contributed by atoms with Crippen LogP contribution in [-0.4, -0.2) is 38.2 Å². The monoisotopic (exact) mass is 574 g/mol. The van der Waals surface area contributed by atoms with E-state index < -0.39 is 34.5 Å². The van der Waals surface area contributed by atoms with E-state index in [-0.39, 0.29) is 34.0 Å². The molecule has 1 saturated heterocycles. The SMILES string of the molecule is Cn1cc(-c2cc(F)c(NC(=O)c3cn(CC4CCOC4)cc(-c4ccc(F)cc4)c3=O)cc2F)c2c(N)ncnc21. The average molecular weight is 575 g/mol. The maximum atomic E-state index is 15.4. The van der Waals surface area contributed by atoms with Gasteiger partial charge in [0, 0.05) is 67.5 Å². The van der Waals surface area contributed by atoms with Crippen molar-refractivity contribution < 1.29 is 22.7 Å². The van der Waals surface area contributed by atoms with E-state index in [2.05, 4.69) is 15.3 Å². The molecule has 4 heterocycles. The zero-order valence-electron chi connectivity index (χ0n) is 22.4. The van der Waals surface area contributed by atoms with Crippen LogP contribution < -0.4 is 16.5 Å². The highest BCUT2D eigenvalue weighted by molar-refractivity contribution is 6.05. The third-order valence-electron chi connectivity index (χ3n) is 7.35. The standard InChI is InChI=1S/C30H25F3N6O3/c1-38-11-21(26-28(34)35-15-36-29(26)38)19-8-24(33)25(9-23(19)32)37-30(41)22-13-39(10-16-6-7-42-14-16)12-20(27(22)40)17-2-4-18(31)5-3-17/h2-5,8-9,11-13,15-16H,6-7,10,14H2,1H3,(H,37,41)(H2,34,35,36). The lowest BCUT2D eigenvalue weighted by Crippen LogP contribution is -2.26. The zero-order valence-corrected chi connectivity index (χ0v) is 22.4. The number of aromatic nitrogens is 4. The number of benzene rings is 2. The Morgan fingerprint density at radius 2 is 1.83 bits per heavy atom. The van der Waals surface area contributed by atoms with Gasteiger partial charge in [0.1, 0.15) is 40.8 Å². The van der Waals surface area contributed by atoms with E-state index in [0.717, 1.165) is 18.6 Å². The molecule has 0 radical (unpaired) electrons. The number of carbonyl (C=O) groups excluding carboxylic acids is 1. The number of nitrogens with one attached hydrogen (secondary N) is 1. The number of hydrogen-bond donors (Lipinski definition) is 2. The number of carbonyl (C=O) groups is 1. The molecule has 0 aliphatic carbocycles. The number of ether oxygens (including phenoxy) is 1. The van der Waals surface area contributed by atoms with Crippen molar-refractivity contribution in [3.05, 3.63) is 94.6 Å². The van der Waals surface area contributed by atoms with Gasteiger partial charge in [-0.3, -0.25) is 9.59 Å². The van der Waals surface area contributed by atoms with Crippen LogP contribution in [0.2, 0.25) is 0 Å². The Bertz CT molecular complexity index is 1900. The number of fused-ring (bicyclic) bond motifs is 1. The molecule has 1 aliphatic rings. The van der Waals surface area contributed by atoms with Crippen LogP contribution in [0.15, 0.2) is 66.1 Å².